The van der Waals surface area contributed by atoms with Crippen molar-refractivity contribution >= 4 is 0 Å². The Morgan fingerprint density at radius 1 is 1.25 bits per heavy atom. The van der Waals surface area contributed by atoms with E-state index in [1.165, 1.54) is 58.3 Å². The van der Waals surface area contributed by atoms with Gasteiger partial charge < -0.3 is 10.6 Å². The zero-order valence-corrected chi connectivity index (χ0v) is 10.7. The zero-order valence-electron chi connectivity index (χ0n) is 10.7. The van der Waals surface area contributed by atoms with E-state index in [9.17, 15) is 0 Å². The first-order valence-corrected chi connectivity index (χ1v) is 7.01. The first-order chi connectivity index (χ1) is 7.79. The SMILES string of the molecule is CCCC(N)CN1CCCN2CCCC2C1. The van der Waals surface area contributed by atoms with Crippen LogP contribution in [0.25, 0.3) is 0 Å². The summed E-state index contributed by atoms with van der Waals surface area (Å²) < 4.78 is 0. The quantitative estimate of drug-likeness (QED) is 0.782. The average Bonchev–Trinajstić information content (AvgIpc) is 2.58. The second-order valence-corrected chi connectivity index (χ2v) is 5.49. The van der Waals surface area contributed by atoms with Crippen molar-refractivity contribution < 1.29 is 0 Å². The van der Waals surface area contributed by atoms with Crippen LogP contribution in [0, 0.1) is 0 Å². The van der Waals surface area contributed by atoms with Gasteiger partial charge in [-0.2, -0.15) is 0 Å². The van der Waals surface area contributed by atoms with Gasteiger partial charge in [-0.15, -0.1) is 0 Å². The first kappa shape index (κ1) is 12.3. The van der Waals surface area contributed by atoms with Crippen molar-refractivity contribution in [3.05, 3.63) is 0 Å². The van der Waals surface area contributed by atoms with Crippen LogP contribution >= 0.6 is 0 Å². The third kappa shape index (κ3) is 3.19. The minimum absolute atomic E-state index is 0.387. The van der Waals surface area contributed by atoms with Crippen molar-refractivity contribution in [2.75, 3.05) is 32.7 Å². The van der Waals surface area contributed by atoms with E-state index in [0.717, 1.165) is 12.6 Å². The van der Waals surface area contributed by atoms with Crippen molar-refractivity contribution in [3.8, 4) is 0 Å². The van der Waals surface area contributed by atoms with E-state index < -0.39 is 0 Å². The minimum Gasteiger partial charge on any atom is -0.327 e. The zero-order chi connectivity index (χ0) is 11.4. The lowest BCUT2D eigenvalue weighted by Crippen LogP contribution is -2.42. The van der Waals surface area contributed by atoms with Crippen LogP contribution in [-0.4, -0.2) is 54.6 Å². The Balaban J connectivity index is 1.81. The van der Waals surface area contributed by atoms with Gasteiger partial charge in [-0.25, -0.2) is 0 Å². The van der Waals surface area contributed by atoms with Crippen molar-refractivity contribution in [1.29, 1.82) is 0 Å². The summed E-state index contributed by atoms with van der Waals surface area (Å²) in [7, 11) is 0. The van der Waals surface area contributed by atoms with Gasteiger partial charge in [-0.3, -0.25) is 4.90 Å². The van der Waals surface area contributed by atoms with Crippen molar-refractivity contribution in [2.45, 2.75) is 51.1 Å². The fourth-order valence-electron chi connectivity index (χ4n) is 3.24. The molecule has 2 fully saturated rings. The van der Waals surface area contributed by atoms with Crippen molar-refractivity contribution in [1.82, 2.24) is 9.80 Å². The number of nitrogens with two attached hydrogens (primary N) is 1. The third-order valence-corrected chi connectivity index (χ3v) is 4.04. The van der Waals surface area contributed by atoms with Crippen LogP contribution in [-0.2, 0) is 0 Å². The Morgan fingerprint density at radius 2 is 2.06 bits per heavy atom. The topological polar surface area (TPSA) is 32.5 Å². The molecule has 2 unspecified atom stereocenters. The molecular formula is C13H27N3. The van der Waals surface area contributed by atoms with E-state index in [0.29, 0.717) is 6.04 Å². The molecule has 0 aromatic carbocycles. The molecule has 0 aliphatic carbocycles. The molecule has 16 heavy (non-hydrogen) atoms. The molecule has 3 nitrogen and oxygen atoms in total. The Hall–Kier alpha value is -0.120. The fourth-order valence-corrected chi connectivity index (χ4v) is 3.24. The molecule has 0 saturated carbocycles. The van der Waals surface area contributed by atoms with Gasteiger partial charge in [0.05, 0.1) is 0 Å². The number of hydrogen-bond donors (Lipinski definition) is 1. The second kappa shape index (κ2) is 5.99. The van der Waals surface area contributed by atoms with E-state index in [4.69, 9.17) is 5.73 Å². The van der Waals surface area contributed by atoms with Crippen LogP contribution in [0.5, 0.6) is 0 Å². The highest BCUT2D eigenvalue weighted by molar-refractivity contribution is 4.85. The summed E-state index contributed by atoms with van der Waals surface area (Å²) in [5, 5.41) is 0. The molecule has 2 saturated heterocycles. The highest BCUT2D eigenvalue weighted by Crippen LogP contribution is 2.21. The monoisotopic (exact) mass is 225 g/mol. The average molecular weight is 225 g/mol. The maximum absolute atomic E-state index is 6.15. The molecular weight excluding hydrogens is 198 g/mol. The van der Waals surface area contributed by atoms with Gasteiger partial charge in [0.1, 0.15) is 0 Å². The van der Waals surface area contributed by atoms with Gasteiger partial charge in [-0.05, 0) is 45.3 Å². The molecule has 2 heterocycles. The van der Waals surface area contributed by atoms with Gasteiger partial charge in [0.15, 0.2) is 0 Å². The van der Waals surface area contributed by atoms with Crippen LogP contribution < -0.4 is 5.73 Å². The van der Waals surface area contributed by atoms with Crippen LogP contribution in [0.4, 0.5) is 0 Å². The summed E-state index contributed by atoms with van der Waals surface area (Å²) in [6.07, 6.45) is 6.52. The van der Waals surface area contributed by atoms with Crippen molar-refractivity contribution in [2.24, 2.45) is 5.73 Å². The van der Waals surface area contributed by atoms with E-state index in [-0.39, 0.29) is 0 Å². The molecule has 2 atom stereocenters. The molecule has 0 radical (unpaired) electrons. The highest BCUT2D eigenvalue weighted by atomic mass is 15.3. The second-order valence-electron chi connectivity index (χ2n) is 5.49. The minimum atomic E-state index is 0.387. The molecule has 94 valence electrons. The van der Waals surface area contributed by atoms with Gasteiger partial charge >= 0.3 is 0 Å². The van der Waals surface area contributed by atoms with Gasteiger partial charge in [0.25, 0.3) is 0 Å². The number of rotatable bonds is 4. The van der Waals surface area contributed by atoms with Crippen LogP contribution in [0.2, 0.25) is 0 Å². The standard InChI is InChI=1S/C13H27N3/c1-2-5-12(14)10-15-7-4-9-16-8-3-6-13(16)11-15/h12-13H,2-11,14H2,1H3. The summed E-state index contributed by atoms with van der Waals surface area (Å²) in [6, 6.07) is 1.22. The smallest absolute Gasteiger partial charge is 0.0223 e. The largest absolute Gasteiger partial charge is 0.327 e. The molecule has 0 aromatic heterocycles. The maximum Gasteiger partial charge on any atom is 0.0223 e. The predicted molar refractivity (Wildman–Crippen MR) is 68.5 cm³/mol. The molecule has 2 aliphatic rings. The molecule has 2 N–H and O–H groups in total. The Morgan fingerprint density at radius 3 is 2.88 bits per heavy atom. The lowest BCUT2D eigenvalue weighted by Gasteiger charge is -2.27. The van der Waals surface area contributed by atoms with Crippen LogP contribution in [0.15, 0.2) is 0 Å². The summed E-state index contributed by atoms with van der Waals surface area (Å²) in [5.74, 6) is 0. The summed E-state index contributed by atoms with van der Waals surface area (Å²) >= 11 is 0. The molecule has 2 aliphatic heterocycles. The summed E-state index contributed by atoms with van der Waals surface area (Å²) in [5.41, 5.74) is 6.15. The van der Waals surface area contributed by atoms with Crippen LogP contribution in [0.3, 0.4) is 0 Å². The molecule has 2 rings (SSSR count). The highest BCUT2D eigenvalue weighted by Gasteiger charge is 2.28. The van der Waals surface area contributed by atoms with Gasteiger partial charge in [0, 0.05) is 25.2 Å². The predicted octanol–water partition coefficient (Wildman–Crippen LogP) is 1.28. The van der Waals surface area contributed by atoms with Crippen LogP contribution in [0.1, 0.15) is 39.0 Å². The molecule has 0 bridgehead atoms. The Kier molecular flexibility index (Phi) is 4.62. The summed E-state index contributed by atoms with van der Waals surface area (Å²) in [6.45, 7) is 8.49. The normalized spacial score (nSPS) is 30.0. The van der Waals surface area contributed by atoms with Crippen molar-refractivity contribution in [3.63, 3.8) is 0 Å². The fraction of sp³-hybridized carbons (Fsp3) is 1.00. The molecule has 0 amide bonds. The molecule has 3 heteroatoms. The van der Waals surface area contributed by atoms with E-state index in [2.05, 4.69) is 16.7 Å². The van der Waals surface area contributed by atoms with E-state index >= 15 is 0 Å². The van der Waals surface area contributed by atoms with E-state index in [1.807, 2.05) is 0 Å². The lowest BCUT2D eigenvalue weighted by molar-refractivity contribution is 0.210. The molecule has 0 aromatic rings. The summed E-state index contributed by atoms with van der Waals surface area (Å²) in [4.78, 5) is 5.29. The number of nitrogens with zero attached hydrogens (tertiary/aromatic N) is 2. The third-order valence-electron chi connectivity index (χ3n) is 4.04. The lowest BCUT2D eigenvalue weighted by atomic mass is 10.1. The first-order valence-electron chi connectivity index (χ1n) is 7.01. The van der Waals surface area contributed by atoms with Gasteiger partial charge in [0.2, 0.25) is 0 Å². The molecule has 0 spiro atoms. The van der Waals surface area contributed by atoms with Gasteiger partial charge in [-0.1, -0.05) is 13.3 Å². The number of fused-ring (bicyclic) bond motifs is 1. The number of hydrogen-bond acceptors (Lipinski definition) is 3. The Labute approximate surface area is 100.0 Å². The Bertz CT molecular complexity index is 207. The maximum atomic E-state index is 6.15. The van der Waals surface area contributed by atoms with E-state index in [1.54, 1.807) is 0 Å².